The van der Waals surface area contributed by atoms with E-state index in [0.717, 1.165) is 4.88 Å². The average molecular weight is 286 g/mol. The van der Waals surface area contributed by atoms with Crippen LogP contribution in [-0.2, 0) is 16.1 Å². The minimum Gasteiger partial charge on any atom is -0.481 e. The molecule has 0 aliphatic rings. The van der Waals surface area contributed by atoms with Crippen LogP contribution in [0.25, 0.3) is 0 Å². The van der Waals surface area contributed by atoms with Gasteiger partial charge in [-0.15, -0.1) is 11.3 Å². The monoisotopic (exact) mass is 286 g/mol. The number of hydrogen-bond acceptors (Lipinski definition) is 4. The van der Waals surface area contributed by atoms with Crippen molar-refractivity contribution in [3.05, 3.63) is 22.4 Å². The molecule has 0 aromatic carbocycles. The summed E-state index contributed by atoms with van der Waals surface area (Å²) in [5.41, 5.74) is 0. The topological polar surface area (TPSA) is 116 Å². The molecule has 0 radical (unpaired) electrons. The second kappa shape index (κ2) is 7.37. The van der Waals surface area contributed by atoms with Gasteiger partial charge >= 0.3 is 18.0 Å². The van der Waals surface area contributed by atoms with Crippen molar-refractivity contribution in [2.45, 2.75) is 25.4 Å². The van der Waals surface area contributed by atoms with E-state index in [1.807, 2.05) is 17.5 Å². The lowest BCUT2D eigenvalue weighted by Crippen LogP contribution is -2.45. The van der Waals surface area contributed by atoms with Gasteiger partial charge in [-0.1, -0.05) is 6.07 Å². The van der Waals surface area contributed by atoms with E-state index in [0.29, 0.717) is 6.54 Å². The molecule has 1 unspecified atom stereocenters. The molecular weight excluding hydrogens is 272 g/mol. The highest BCUT2D eigenvalue weighted by Gasteiger charge is 2.20. The summed E-state index contributed by atoms with van der Waals surface area (Å²) in [5, 5.41) is 23.9. The number of aliphatic carboxylic acids is 2. The highest BCUT2D eigenvalue weighted by Crippen LogP contribution is 2.07. The molecule has 1 rings (SSSR count). The Bertz CT molecular complexity index is 446. The second-order valence-corrected chi connectivity index (χ2v) is 4.76. The van der Waals surface area contributed by atoms with Gasteiger partial charge in [-0.2, -0.15) is 0 Å². The predicted octanol–water partition coefficient (Wildman–Crippen LogP) is 0.865. The van der Waals surface area contributed by atoms with Crippen LogP contribution in [0.1, 0.15) is 17.7 Å². The van der Waals surface area contributed by atoms with Gasteiger partial charge in [-0.3, -0.25) is 4.79 Å². The summed E-state index contributed by atoms with van der Waals surface area (Å²) in [6.07, 6.45) is -0.473. The number of urea groups is 1. The van der Waals surface area contributed by atoms with Crippen molar-refractivity contribution in [1.29, 1.82) is 0 Å². The number of carbonyl (C=O) groups excluding carboxylic acids is 1. The molecule has 0 aliphatic heterocycles. The third kappa shape index (κ3) is 5.87. The van der Waals surface area contributed by atoms with Gasteiger partial charge in [-0.05, 0) is 17.9 Å². The van der Waals surface area contributed by atoms with Gasteiger partial charge < -0.3 is 20.8 Å². The van der Waals surface area contributed by atoms with E-state index in [9.17, 15) is 14.4 Å². The fraction of sp³-hybridized carbons (Fsp3) is 0.364. The largest absolute Gasteiger partial charge is 0.481 e. The van der Waals surface area contributed by atoms with E-state index in [1.165, 1.54) is 11.3 Å². The molecule has 0 spiro atoms. The van der Waals surface area contributed by atoms with Crippen LogP contribution in [0.15, 0.2) is 17.5 Å². The second-order valence-electron chi connectivity index (χ2n) is 3.73. The number of hydrogen-bond donors (Lipinski definition) is 4. The molecule has 2 amide bonds. The number of nitrogens with one attached hydrogen (secondary N) is 2. The van der Waals surface area contributed by atoms with Crippen LogP contribution in [0.5, 0.6) is 0 Å². The summed E-state index contributed by atoms with van der Waals surface area (Å²) in [7, 11) is 0. The van der Waals surface area contributed by atoms with Crippen molar-refractivity contribution >= 4 is 29.3 Å². The number of carboxylic acid groups (broad SMARTS) is 2. The molecule has 1 atom stereocenters. The third-order valence-electron chi connectivity index (χ3n) is 2.25. The van der Waals surface area contributed by atoms with Crippen molar-refractivity contribution in [2.75, 3.05) is 0 Å². The quantitative estimate of drug-likeness (QED) is 0.593. The Kier molecular flexibility index (Phi) is 5.80. The summed E-state index contributed by atoms with van der Waals surface area (Å²) in [6, 6.07) is 1.84. The highest BCUT2D eigenvalue weighted by molar-refractivity contribution is 7.09. The highest BCUT2D eigenvalue weighted by atomic mass is 32.1. The molecule has 19 heavy (non-hydrogen) atoms. The Morgan fingerprint density at radius 2 is 2.05 bits per heavy atom. The number of rotatable bonds is 7. The van der Waals surface area contributed by atoms with Crippen LogP contribution in [0.4, 0.5) is 4.79 Å². The molecule has 0 saturated heterocycles. The maximum atomic E-state index is 11.5. The zero-order valence-corrected chi connectivity index (χ0v) is 10.8. The lowest BCUT2D eigenvalue weighted by atomic mass is 10.1. The lowest BCUT2D eigenvalue weighted by molar-refractivity contribution is -0.140. The molecule has 0 aliphatic carbocycles. The maximum absolute atomic E-state index is 11.5. The minimum atomic E-state index is -1.26. The maximum Gasteiger partial charge on any atom is 0.326 e. The first kappa shape index (κ1) is 15.0. The van der Waals surface area contributed by atoms with Crippen molar-refractivity contribution < 1.29 is 24.6 Å². The van der Waals surface area contributed by atoms with Crippen molar-refractivity contribution in [2.24, 2.45) is 0 Å². The van der Waals surface area contributed by atoms with Crippen molar-refractivity contribution in [3.63, 3.8) is 0 Å². The molecule has 1 aromatic rings. The van der Waals surface area contributed by atoms with Gasteiger partial charge in [0.2, 0.25) is 0 Å². The third-order valence-corrected chi connectivity index (χ3v) is 3.13. The molecule has 104 valence electrons. The van der Waals surface area contributed by atoms with Crippen LogP contribution in [0.2, 0.25) is 0 Å². The SMILES string of the molecule is O=C(O)CCC(NC(=O)NCc1cccs1)C(=O)O. The Labute approximate surface area is 113 Å². The summed E-state index contributed by atoms with van der Waals surface area (Å²) < 4.78 is 0. The summed E-state index contributed by atoms with van der Waals surface area (Å²) in [6.45, 7) is 0.300. The van der Waals surface area contributed by atoms with Crippen LogP contribution < -0.4 is 10.6 Å². The van der Waals surface area contributed by atoms with Gasteiger partial charge in [0.25, 0.3) is 0 Å². The first-order valence-electron chi connectivity index (χ1n) is 5.50. The molecule has 4 N–H and O–H groups in total. The van der Waals surface area contributed by atoms with Crippen LogP contribution in [-0.4, -0.2) is 34.2 Å². The van der Waals surface area contributed by atoms with Crippen LogP contribution in [0.3, 0.4) is 0 Å². The van der Waals surface area contributed by atoms with E-state index < -0.39 is 24.0 Å². The number of carbonyl (C=O) groups is 3. The smallest absolute Gasteiger partial charge is 0.326 e. The van der Waals surface area contributed by atoms with E-state index >= 15 is 0 Å². The van der Waals surface area contributed by atoms with Crippen molar-refractivity contribution in [3.8, 4) is 0 Å². The standard InChI is InChI=1S/C11H14N2O5S/c14-9(15)4-3-8(10(16)17)13-11(18)12-6-7-2-1-5-19-7/h1-2,5,8H,3-4,6H2,(H,14,15)(H,16,17)(H2,12,13,18). The first-order valence-corrected chi connectivity index (χ1v) is 6.38. The molecule has 0 saturated carbocycles. The van der Waals surface area contributed by atoms with Gasteiger partial charge in [0, 0.05) is 11.3 Å². The molecular formula is C11H14N2O5S. The zero-order valence-electron chi connectivity index (χ0n) is 9.96. The fourth-order valence-corrected chi connectivity index (χ4v) is 1.96. The van der Waals surface area contributed by atoms with E-state index in [2.05, 4.69) is 10.6 Å². The minimum absolute atomic E-state index is 0.156. The summed E-state index contributed by atoms with van der Waals surface area (Å²) in [5.74, 6) is -2.36. The molecule has 1 heterocycles. The number of carboxylic acids is 2. The number of amides is 2. The van der Waals surface area contributed by atoms with Gasteiger partial charge in [0.15, 0.2) is 0 Å². The average Bonchev–Trinajstić information content (AvgIpc) is 2.84. The molecule has 7 nitrogen and oxygen atoms in total. The predicted molar refractivity (Wildman–Crippen MR) is 68.0 cm³/mol. The normalized spacial score (nSPS) is 11.6. The number of thiophene rings is 1. The van der Waals surface area contributed by atoms with Crippen LogP contribution >= 0.6 is 11.3 Å². The summed E-state index contributed by atoms with van der Waals surface area (Å²) in [4.78, 5) is 33.6. The Morgan fingerprint density at radius 3 is 2.58 bits per heavy atom. The van der Waals surface area contributed by atoms with E-state index in [1.54, 1.807) is 0 Å². The molecule has 0 fully saturated rings. The van der Waals surface area contributed by atoms with Crippen molar-refractivity contribution in [1.82, 2.24) is 10.6 Å². The van der Waals surface area contributed by atoms with Crippen LogP contribution in [0, 0.1) is 0 Å². The molecule has 1 aromatic heterocycles. The van der Waals surface area contributed by atoms with E-state index in [4.69, 9.17) is 10.2 Å². The van der Waals surface area contributed by atoms with Gasteiger partial charge in [0.1, 0.15) is 6.04 Å². The first-order chi connectivity index (χ1) is 8.99. The molecule has 0 bridgehead atoms. The Hall–Kier alpha value is -2.09. The summed E-state index contributed by atoms with van der Waals surface area (Å²) >= 11 is 1.47. The lowest BCUT2D eigenvalue weighted by Gasteiger charge is -2.13. The van der Waals surface area contributed by atoms with Gasteiger partial charge in [0.05, 0.1) is 6.54 Å². The Morgan fingerprint density at radius 1 is 1.32 bits per heavy atom. The van der Waals surface area contributed by atoms with E-state index in [-0.39, 0.29) is 12.8 Å². The Balaban J connectivity index is 2.38. The van der Waals surface area contributed by atoms with Gasteiger partial charge in [-0.25, -0.2) is 9.59 Å². The zero-order chi connectivity index (χ0) is 14.3. The molecule has 8 heteroatoms. The fourth-order valence-electron chi connectivity index (χ4n) is 1.32.